The molecule has 2 heterocycles. The SMILES string of the molecule is C=CCNC(=O)N1CCCC(c2nnc(-c3ccccc3F)s2)C1. The molecule has 1 aromatic heterocycles. The average Bonchev–Trinajstić information content (AvgIpc) is 3.10. The van der Waals surface area contributed by atoms with Gasteiger partial charge < -0.3 is 10.2 Å². The van der Waals surface area contributed by atoms with Crippen LogP contribution in [0.15, 0.2) is 36.9 Å². The maximum absolute atomic E-state index is 13.9. The normalized spacial score (nSPS) is 17.5. The molecule has 0 bridgehead atoms. The average molecular weight is 346 g/mol. The topological polar surface area (TPSA) is 58.1 Å². The molecule has 1 saturated heterocycles. The lowest BCUT2D eigenvalue weighted by atomic mass is 9.99. The summed E-state index contributed by atoms with van der Waals surface area (Å²) in [5.41, 5.74) is 0.470. The fourth-order valence-corrected chi connectivity index (χ4v) is 3.77. The lowest BCUT2D eigenvalue weighted by Crippen LogP contribution is -2.44. The second kappa shape index (κ2) is 7.53. The number of urea groups is 1. The smallest absolute Gasteiger partial charge is 0.317 e. The van der Waals surface area contributed by atoms with Crippen LogP contribution >= 0.6 is 11.3 Å². The highest BCUT2D eigenvalue weighted by Gasteiger charge is 2.27. The van der Waals surface area contributed by atoms with Crippen LogP contribution < -0.4 is 5.32 Å². The van der Waals surface area contributed by atoms with E-state index >= 15 is 0 Å². The predicted octanol–water partition coefficient (Wildman–Crippen LogP) is 3.42. The molecule has 7 heteroatoms. The molecule has 3 rings (SSSR count). The summed E-state index contributed by atoms with van der Waals surface area (Å²) < 4.78 is 13.9. The first kappa shape index (κ1) is 16.6. The molecule has 0 aliphatic carbocycles. The van der Waals surface area contributed by atoms with Crippen LogP contribution in [0, 0.1) is 5.82 Å². The summed E-state index contributed by atoms with van der Waals surface area (Å²) in [7, 11) is 0. The van der Waals surface area contributed by atoms with Gasteiger partial charge in [0.15, 0.2) is 5.01 Å². The molecule has 1 aliphatic rings. The van der Waals surface area contributed by atoms with Gasteiger partial charge in [0.2, 0.25) is 0 Å². The summed E-state index contributed by atoms with van der Waals surface area (Å²) in [6.45, 7) is 5.39. The Morgan fingerprint density at radius 1 is 1.46 bits per heavy atom. The van der Waals surface area contributed by atoms with E-state index in [1.54, 1.807) is 29.2 Å². The molecule has 1 aliphatic heterocycles. The van der Waals surface area contributed by atoms with Gasteiger partial charge in [0.1, 0.15) is 10.8 Å². The number of nitrogens with one attached hydrogen (secondary N) is 1. The van der Waals surface area contributed by atoms with E-state index in [1.807, 2.05) is 0 Å². The van der Waals surface area contributed by atoms with Gasteiger partial charge in [-0.2, -0.15) is 0 Å². The summed E-state index contributed by atoms with van der Waals surface area (Å²) in [5, 5.41) is 12.6. The van der Waals surface area contributed by atoms with Crippen molar-refractivity contribution in [2.75, 3.05) is 19.6 Å². The third kappa shape index (κ3) is 3.62. The minimum atomic E-state index is -0.297. The van der Waals surface area contributed by atoms with Crippen molar-refractivity contribution in [3.05, 3.63) is 47.7 Å². The van der Waals surface area contributed by atoms with Gasteiger partial charge in [0.25, 0.3) is 0 Å². The molecule has 5 nitrogen and oxygen atoms in total. The number of carbonyl (C=O) groups is 1. The number of hydrogen-bond acceptors (Lipinski definition) is 4. The van der Waals surface area contributed by atoms with Gasteiger partial charge in [-0.1, -0.05) is 29.5 Å². The minimum Gasteiger partial charge on any atom is -0.335 e. The lowest BCUT2D eigenvalue weighted by Gasteiger charge is -2.31. The molecular formula is C17H19FN4OS. The Morgan fingerprint density at radius 2 is 2.29 bits per heavy atom. The third-order valence-corrected chi connectivity index (χ3v) is 5.12. The molecule has 1 atom stereocenters. The number of halogens is 1. The van der Waals surface area contributed by atoms with Gasteiger partial charge in [0.05, 0.1) is 0 Å². The molecule has 1 unspecified atom stereocenters. The molecule has 1 fully saturated rings. The van der Waals surface area contributed by atoms with Crippen molar-refractivity contribution < 1.29 is 9.18 Å². The zero-order chi connectivity index (χ0) is 16.9. The minimum absolute atomic E-state index is 0.0848. The van der Waals surface area contributed by atoms with Crippen LogP contribution in [0.3, 0.4) is 0 Å². The van der Waals surface area contributed by atoms with E-state index in [0.717, 1.165) is 24.4 Å². The molecule has 1 aromatic carbocycles. The molecule has 2 aromatic rings. The van der Waals surface area contributed by atoms with E-state index in [-0.39, 0.29) is 17.8 Å². The van der Waals surface area contributed by atoms with E-state index in [9.17, 15) is 9.18 Å². The first-order valence-electron chi connectivity index (χ1n) is 7.91. The number of nitrogens with zero attached hydrogens (tertiary/aromatic N) is 3. The van der Waals surface area contributed by atoms with E-state index in [0.29, 0.717) is 23.7 Å². The Labute approximate surface area is 144 Å². The van der Waals surface area contributed by atoms with Crippen LogP contribution in [-0.4, -0.2) is 40.8 Å². The summed E-state index contributed by atoms with van der Waals surface area (Å²) in [6.07, 6.45) is 3.53. The number of aromatic nitrogens is 2. The summed E-state index contributed by atoms with van der Waals surface area (Å²) in [6, 6.07) is 6.48. The monoisotopic (exact) mass is 346 g/mol. The van der Waals surface area contributed by atoms with Crippen molar-refractivity contribution in [1.82, 2.24) is 20.4 Å². The molecule has 0 saturated carbocycles. The molecule has 2 amide bonds. The van der Waals surface area contributed by atoms with Gasteiger partial charge >= 0.3 is 6.03 Å². The predicted molar refractivity (Wildman–Crippen MR) is 92.4 cm³/mol. The second-order valence-corrected chi connectivity index (χ2v) is 6.69. The van der Waals surface area contributed by atoms with E-state index < -0.39 is 0 Å². The van der Waals surface area contributed by atoms with Gasteiger partial charge in [-0.15, -0.1) is 16.8 Å². The zero-order valence-electron chi connectivity index (χ0n) is 13.2. The number of benzene rings is 1. The Bertz CT molecular complexity index is 733. The van der Waals surface area contributed by atoms with Gasteiger partial charge in [-0.05, 0) is 25.0 Å². The van der Waals surface area contributed by atoms with Crippen LogP contribution in [0.1, 0.15) is 23.8 Å². The zero-order valence-corrected chi connectivity index (χ0v) is 14.1. The van der Waals surface area contributed by atoms with Crippen LogP contribution in [0.2, 0.25) is 0 Å². The van der Waals surface area contributed by atoms with Crippen molar-refractivity contribution >= 4 is 17.4 Å². The number of rotatable bonds is 4. The Morgan fingerprint density at radius 3 is 3.08 bits per heavy atom. The van der Waals surface area contributed by atoms with Crippen LogP contribution in [0.4, 0.5) is 9.18 Å². The van der Waals surface area contributed by atoms with Crippen molar-refractivity contribution in [2.24, 2.45) is 0 Å². The molecule has 1 N–H and O–H groups in total. The highest BCUT2D eigenvalue weighted by molar-refractivity contribution is 7.14. The second-order valence-electron chi connectivity index (χ2n) is 5.69. The first-order chi connectivity index (χ1) is 11.7. The highest BCUT2D eigenvalue weighted by atomic mass is 32.1. The molecular weight excluding hydrogens is 327 g/mol. The lowest BCUT2D eigenvalue weighted by molar-refractivity contribution is 0.180. The Balaban J connectivity index is 1.72. The van der Waals surface area contributed by atoms with Crippen LogP contribution in [-0.2, 0) is 0 Å². The van der Waals surface area contributed by atoms with Gasteiger partial charge in [0, 0.05) is 31.1 Å². The highest BCUT2D eigenvalue weighted by Crippen LogP contribution is 2.33. The van der Waals surface area contributed by atoms with Crippen LogP contribution in [0.25, 0.3) is 10.6 Å². The van der Waals surface area contributed by atoms with E-state index in [2.05, 4.69) is 22.1 Å². The summed E-state index contributed by atoms with van der Waals surface area (Å²) in [5.74, 6) is -0.152. The third-order valence-electron chi connectivity index (χ3n) is 4.00. The quantitative estimate of drug-likeness (QED) is 0.863. The Kier molecular flexibility index (Phi) is 5.20. The molecule has 0 radical (unpaired) electrons. The van der Waals surface area contributed by atoms with Gasteiger partial charge in [-0.25, -0.2) is 9.18 Å². The number of amides is 2. The van der Waals surface area contributed by atoms with Crippen molar-refractivity contribution in [1.29, 1.82) is 0 Å². The standard InChI is InChI=1S/C17H19FN4OS/c1-2-9-19-17(23)22-10-5-6-12(11-22)15-20-21-16(24-15)13-7-3-4-8-14(13)18/h2-4,7-8,12H,1,5-6,9-11H2,(H,19,23). The number of likely N-dealkylation sites (tertiary alicyclic amines) is 1. The largest absolute Gasteiger partial charge is 0.335 e. The number of carbonyl (C=O) groups excluding carboxylic acids is 1. The maximum Gasteiger partial charge on any atom is 0.317 e. The van der Waals surface area contributed by atoms with E-state index in [1.165, 1.54) is 17.4 Å². The fraction of sp³-hybridized carbons (Fsp3) is 0.353. The van der Waals surface area contributed by atoms with Crippen molar-refractivity contribution in [2.45, 2.75) is 18.8 Å². The van der Waals surface area contributed by atoms with Crippen LogP contribution in [0.5, 0.6) is 0 Å². The Hall–Kier alpha value is -2.28. The molecule has 0 spiro atoms. The van der Waals surface area contributed by atoms with E-state index in [4.69, 9.17) is 0 Å². The fourth-order valence-electron chi connectivity index (χ4n) is 2.78. The van der Waals surface area contributed by atoms with Gasteiger partial charge in [-0.3, -0.25) is 0 Å². The summed E-state index contributed by atoms with van der Waals surface area (Å²) in [4.78, 5) is 13.9. The maximum atomic E-state index is 13.9. The number of piperidine rings is 1. The van der Waals surface area contributed by atoms with Crippen molar-refractivity contribution in [3.8, 4) is 10.6 Å². The molecule has 24 heavy (non-hydrogen) atoms. The summed E-state index contributed by atoms with van der Waals surface area (Å²) >= 11 is 1.40. The first-order valence-corrected chi connectivity index (χ1v) is 8.72. The van der Waals surface area contributed by atoms with Crippen molar-refractivity contribution in [3.63, 3.8) is 0 Å². The number of hydrogen-bond donors (Lipinski definition) is 1. The molecule has 126 valence electrons.